The lowest BCUT2D eigenvalue weighted by Gasteiger charge is -2.19. The Hall–Kier alpha value is -3.58. The monoisotopic (exact) mass is 447 g/mol. The van der Waals surface area contributed by atoms with Crippen LogP contribution < -0.4 is 5.46 Å². The summed E-state index contributed by atoms with van der Waals surface area (Å²) in [7, 11) is 0.576. The molecule has 0 unspecified atom stereocenters. The molecule has 6 heteroatoms. The van der Waals surface area contributed by atoms with Crippen LogP contribution in [0.4, 0.5) is 0 Å². The van der Waals surface area contributed by atoms with Gasteiger partial charge >= 0.3 is 7.12 Å². The number of pyridine rings is 2. The van der Waals surface area contributed by atoms with E-state index < -0.39 is 7.12 Å². The Bertz CT molecular complexity index is 1440. The first-order valence-corrected chi connectivity index (χ1v) is 11.4. The van der Waals surface area contributed by atoms with Crippen molar-refractivity contribution in [3.63, 3.8) is 0 Å². The highest BCUT2D eigenvalue weighted by Crippen LogP contribution is 2.23. The maximum atomic E-state index is 9.60. The Morgan fingerprint density at radius 3 is 2.24 bits per heavy atom. The van der Waals surface area contributed by atoms with Crippen LogP contribution in [-0.4, -0.2) is 39.1 Å². The smallest absolute Gasteiger partial charge is 0.423 e. The molecule has 3 aromatic carbocycles. The molecule has 0 aliphatic carbocycles. The molecule has 2 aromatic heterocycles. The second kappa shape index (κ2) is 9.73. The van der Waals surface area contributed by atoms with Crippen LogP contribution in [-0.2, 0) is 19.5 Å². The summed E-state index contributed by atoms with van der Waals surface area (Å²) in [4.78, 5) is 11.6. The summed E-state index contributed by atoms with van der Waals surface area (Å²) >= 11 is 0. The van der Waals surface area contributed by atoms with Crippen molar-refractivity contribution in [2.24, 2.45) is 0 Å². The molecule has 0 spiro atoms. The van der Waals surface area contributed by atoms with Crippen LogP contribution in [0.25, 0.3) is 21.8 Å². The van der Waals surface area contributed by atoms with Crippen LogP contribution in [0.5, 0.6) is 0 Å². The van der Waals surface area contributed by atoms with Crippen molar-refractivity contribution in [2.45, 2.75) is 19.5 Å². The summed E-state index contributed by atoms with van der Waals surface area (Å²) in [5.41, 5.74) is 6.79. The maximum absolute atomic E-state index is 9.60. The second-order valence-corrected chi connectivity index (χ2v) is 8.75. The molecule has 0 saturated heterocycles. The van der Waals surface area contributed by atoms with Crippen LogP contribution in [0, 0.1) is 0 Å². The fraction of sp³-hybridized carbons (Fsp3) is 0.143. The van der Waals surface area contributed by atoms with Gasteiger partial charge in [0.2, 0.25) is 0 Å². The van der Waals surface area contributed by atoms with E-state index in [1.807, 2.05) is 37.5 Å². The molecule has 5 rings (SSSR count). The molecule has 5 aromatic rings. The molecule has 0 saturated carbocycles. The van der Waals surface area contributed by atoms with E-state index in [4.69, 9.17) is 4.98 Å². The number of nitrogens with zero attached hydrogens (tertiary/aromatic N) is 3. The van der Waals surface area contributed by atoms with Gasteiger partial charge in [-0.15, -0.1) is 0 Å². The molecule has 0 bridgehead atoms. The summed E-state index contributed by atoms with van der Waals surface area (Å²) in [6.45, 7) is 1.40. The van der Waals surface area contributed by atoms with E-state index in [9.17, 15) is 10.0 Å². The number of rotatable bonds is 7. The number of hydrogen-bond donors (Lipinski definition) is 2. The van der Waals surface area contributed by atoms with Crippen molar-refractivity contribution in [1.29, 1.82) is 0 Å². The van der Waals surface area contributed by atoms with Crippen molar-refractivity contribution in [3.8, 4) is 0 Å². The van der Waals surface area contributed by atoms with Crippen LogP contribution >= 0.6 is 0 Å². The van der Waals surface area contributed by atoms with Crippen LogP contribution in [0.1, 0.15) is 22.4 Å². The molecule has 0 amide bonds. The van der Waals surface area contributed by atoms with Gasteiger partial charge in [0, 0.05) is 42.2 Å². The first-order chi connectivity index (χ1) is 16.6. The summed E-state index contributed by atoms with van der Waals surface area (Å²) in [6.07, 6.45) is 2.58. The third kappa shape index (κ3) is 4.85. The standard InChI is InChI=1S/C28H26BN3O2/c1-32(19-24-5-2-3-7-26(24)29(33)34)18-21-10-8-20(9-11-21)17-25-15-14-23-13-12-22-6-4-16-30-27(22)28(23)31-25/h2-16,33-34H,17-19H2,1H3. The normalized spacial score (nSPS) is 11.4. The summed E-state index contributed by atoms with van der Waals surface area (Å²) < 4.78 is 0. The second-order valence-electron chi connectivity index (χ2n) is 8.75. The Balaban J connectivity index is 1.28. The fourth-order valence-electron chi connectivity index (χ4n) is 4.42. The maximum Gasteiger partial charge on any atom is 0.488 e. The van der Waals surface area contributed by atoms with Crippen LogP contribution in [0.15, 0.2) is 91.1 Å². The summed E-state index contributed by atoms with van der Waals surface area (Å²) in [5.74, 6) is 0. The van der Waals surface area contributed by atoms with Gasteiger partial charge in [0.15, 0.2) is 0 Å². The molecule has 2 N–H and O–H groups in total. The minimum atomic E-state index is -1.46. The molecule has 0 aliphatic heterocycles. The van der Waals surface area contributed by atoms with E-state index in [0.717, 1.165) is 46.0 Å². The highest BCUT2D eigenvalue weighted by Gasteiger charge is 2.16. The molecular formula is C28H26BN3O2. The summed E-state index contributed by atoms with van der Waals surface area (Å²) in [6, 6.07) is 28.4. The number of hydrogen-bond acceptors (Lipinski definition) is 5. The number of fused-ring (bicyclic) bond motifs is 3. The molecular weight excluding hydrogens is 421 g/mol. The van der Waals surface area contributed by atoms with Gasteiger partial charge in [-0.1, -0.05) is 72.8 Å². The van der Waals surface area contributed by atoms with Gasteiger partial charge in [-0.25, -0.2) is 0 Å². The van der Waals surface area contributed by atoms with E-state index in [0.29, 0.717) is 12.0 Å². The average Bonchev–Trinajstić information content (AvgIpc) is 2.85. The van der Waals surface area contributed by atoms with Crippen LogP contribution in [0.2, 0.25) is 0 Å². The highest BCUT2D eigenvalue weighted by atomic mass is 16.4. The minimum absolute atomic E-state index is 0.551. The van der Waals surface area contributed by atoms with Gasteiger partial charge in [-0.05, 0) is 41.3 Å². The lowest BCUT2D eigenvalue weighted by atomic mass is 9.77. The fourth-order valence-corrected chi connectivity index (χ4v) is 4.42. The van der Waals surface area contributed by atoms with E-state index >= 15 is 0 Å². The van der Waals surface area contributed by atoms with Crippen molar-refractivity contribution in [2.75, 3.05) is 7.05 Å². The van der Waals surface area contributed by atoms with Crippen molar-refractivity contribution in [1.82, 2.24) is 14.9 Å². The van der Waals surface area contributed by atoms with E-state index in [-0.39, 0.29) is 0 Å². The first-order valence-electron chi connectivity index (χ1n) is 11.4. The molecule has 0 aliphatic rings. The van der Waals surface area contributed by atoms with E-state index in [1.54, 1.807) is 6.07 Å². The molecule has 0 atom stereocenters. The molecule has 34 heavy (non-hydrogen) atoms. The largest absolute Gasteiger partial charge is 0.488 e. The van der Waals surface area contributed by atoms with Gasteiger partial charge in [0.25, 0.3) is 0 Å². The molecule has 168 valence electrons. The highest BCUT2D eigenvalue weighted by molar-refractivity contribution is 6.59. The third-order valence-corrected chi connectivity index (χ3v) is 6.12. The lowest BCUT2D eigenvalue weighted by Crippen LogP contribution is -2.34. The van der Waals surface area contributed by atoms with Gasteiger partial charge in [0.1, 0.15) is 0 Å². The molecule has 5 nitrogen and oxygen atoms in total. The van der Waals surface area contributed by atoms with Gasteiger partial charge in [-0.3, -0.25) is 14.9 Å². The van der Waals surface area contributed by atoms with E-state index in [1.165, 1.54) is 11.1 Å². The van der Waals surface area contributed by atoms with E-state index in [2.05, 4.69) is 64.5 Å². The Kier molecular flexibility index (Phi) is 6.36. The minimum Gasteiger partial charge on any atom is -0.423 e. The zero-order valence-corrected chi connectivity index (χ0v) is 19.1. The zero-order valence-electron chi connectivity index (χ0n) is 19.1. The topological polar surface area (TPSA) is 69.5 Å². The van der Waals surface area contributed by atoms with Crippen molar-refractivity contribution >= 4 is 34.4 Å². The predicted molar refractivity (Wildman–Crippen MR) is 138 cm³/mol. The lowest BCUT2D eigenvalue weighted by molar-refractivity contribution is 0.319. The quantitative estimate of drug-likeness (QED) is 0.294. The molecule has 0 radical (unpaired) electrons. The Morgan fingerprint density at radius 2 is 1.44 bits per heavy atom. The SMILES string of the molecule is CN(Cc1ccc(Cc2ccc3ccc4cccnc4c3n2)cc1)Cc1ccccc1B(O)O. The predicted octanol–water partition coefficient (Wildman–Crippen LogP) is 3.69. The van der Waals surface area contributed by atoms with Gasteiger partial charge in [-0.2, -0.15) is 0 Å². The number of benzene rings is 3. The molecule has 2 heterocycles. The average molecular weight is 447 g/mol. The van der Waals surface area contributed by atoms with Gasteiger partial charge < -0.3 is 10.0 Å². The Labute approximate surface area is 199 Å². The van der Waals surface area contributed by atoms with Crippen molar-refractivity contribution < 1.29 is 10.0 Å². The third-order valence-electron chi connectivity index (χ3n) is 6.12. The first kappa shape index (κ1) is 22.2. The molecule has 0 fully saturated rings. The summed E-state index contributed by atoms with van der Waals surface area (Å²) in [5, 5.41) is 21.4. The van der Waals surface area contributed by atoms with Gasteiger partial charge in [0.05, 0.1) is 11.0 Å². The van der Waals surface area contributed by atoms with Crippen LogP contribution in [0.3, 0.4) is 0 Å². The number of aromatic nitrogens is 2. The van der Waals surface area contributed by atoms with Crippen molar-refractivity contribution in [3.05, 3.63) is 114 Å². The Morgan fingerprint density at radius 1 is 0.735 bits per heavy atom. The zero-order chi connectivity index (χ0) is 23.5.